The van der Waals surface area contributed by atoms with E-state index in [9.17, 15) is 63.9 Å². The Labute approximate surface area is 494 Å². The van der Waals surface area contributed by atoms with Gasteiger partial charge in [-0.2, -0.15) is 0 Å². The Morgan fingerprint density at radius 2 is 1.56 bits per heavy atom. The van der Waals surface area contributed by atoms with E-state index in [-0.39, 0.29) is 69.1 Å². The molecule has 9 atom stereocenters. The number of carbonyl (C=O) groups is 7. The van der Waals surface area contributed by atoms with Crippen LogP contribution in [0.4, 0.5) is 4.39 Å². The molecule has 24 heteroatoms. The molecule has 1 aromatic carbocycles. The fourth-order valence-electron chi connectivity index (χ4n) is 10.6. The first-order valence-corrected chi connectivity index (χ1v) is 29.3. The molecule has 2 aliphatic heterocycles. The van der Waals surface area contributed by atoms with Crippen molar-refractivity contribution in [2.24, 2.45) is 11.3 Å². The monoisotopic (exact) mass is 1190 g/mol. The molecule has 5 amide bonds. The Balaban J connectivity index is 1.16. The smallest absolute Gasteiger partial charge is 0.343 e. The van der Waals surface area contributed by atoms with Crippen LogP contribution in [0.15, 0.2) is 16.9 Å². The highest BCUT2D eigenvalue weighted by atomic mass is 19.1. The summed E-state index contributed by atoms with van der Waals surface area (Å²) in [6.45, 7) is 13.9. The lowest BCUT2D eigenvalue weighted by Crippen LogP contribution is -2.58. The molecule has 2 aliphatic rings. The number of carbonyl (C=O) groups excluding carboxylic acids is 7. The van der Waals surface area contributed by atoms with Crippen LogP contribution in [-0.4, -0.2) is 151 Å². The second-order valence-electron chi connectivity index (χ2n) is 22.7. The predicted molar refractivity (Wildman–Crippen MR) is 310 cm³/mol. The number of halogens is 1. The number of aromatic nitrogens is 2. The fourth-order valence-corrected chi connectivity index (χ4v) is 10.6. The van der Waals surface area contributed by atoms with Gasteiger partial charge in [0.15, 0.2) is 5.60 Å². The SMILES string of the molecule is CC#CCC(C)(CC)C(=O)CCCCC(=O)N[C@@H](CCC(=O)NC[C@H](O)[C@@H](O)[C@H](O)[C@H](O)CO)C(=O)N[C@H](C(=O)N[C@@H](C)C(=O)NCOCCCCc1c(C)c(F)cc2nc3c(c(CC)c12)Cn1c-3cc2c(c1=O)COC(=O)[C@]2(O)CC)C(C)C. The van der Waals surface area contributed by atoms with Gasteiger partial charge in [-0.05, 0) is 107 Å². The highest BCUT2D eigenvalue weighted by Crippen LogP contribution is 2.42. The van der Waals surface area contributed by atoms with Crippen LogP contribution in [0.2, 0.25) is 0 Å². The average Bonchev–Trinajstić information content (AvgIpc) is 1.88. The maximum absolute atomic E-state index is 15.7. The van der Waals surface area contributed by atoms with Crippen LogP contribution in [0.25, 0.3) is 22.3 Å². The molecular weight excluding hydrogens is 1110 g/mol. The molecule has 23 nitrogen and oxygen atoms in total. The normalized spacial score (nSPS) is 17.5. The number of hydrogen-bond donors (Lipinski definition) is 11. The molecule has 11 N–H and O–H groups in total. The number of aryl methyl sites for hydroxylation is 2. The van der Waals surface area contributed by atoms with Crippen molar-refractivity contribution in [2.45, 2.75) is 207 Å². The summed E-state index contributed by atoms with van der Waals surface area (Å²) in [7, 11) is 0. The molecule has 1 unspecified atom stereocenters. The van der Waals surface area contributed by atoms with E-state index in [1.807, 2.05) is 20.8 Å². The molecule has 4 heterocycles. The minimum Gasteiger partial charge on any atom is -0.458 e. The largest absolute Gasteiger partial charge is 0.458 e. The number of esters is 1. The third-order valence-corrected chi connectivity index (χ3v) is 16.4. The third kappa shape index (κ3) is 16.6. The lowest BCUT2D eigenvalue weighted by atomic mass is 9.78. The van der Waals surface area contributed by atoms with Gasteiger partial charge in [0.2, 0.25) is 29.5 Å². The van der Waals surface area contributed by atoms with E-state index in [1.165, 1.54) is 13.0 Å². The zero-order chi connectivity index (χ0) is 63.1. The summed E-state index contributed by atoms with van der Waals surface area (Å²) < 4.78 is 28.2. The van der Waals surface area contributed by atoms with Crippen LogP contribution in [0.5, 0.6) is 0 Å². The van der Waals surface area contributed by atoms with Gasteiger partial charge in [-0.1, -0.05) is 41.5 Å². The first-order chi connectivity index (χ1) is 40.2. The van der Waals surface area contributed by atoms with Crippen LogP contribution >= 0.6 is 0 Å². The highest BCUT2D eigenvalue weighted by Gasteiger charge is 2.46. The van der Waals surface area contributed by atoms with E-state index in [0.717, 1.165) is 22.1 Å². The number of unbranched alkanes of at least 4 members (excludes halogenated alkanes) is 2. The van der Waals surface area contributed by atoms with Gasteiger partial charge in [0, 0.05) is 66.8 Å². The molecule has 0 saturated carbocycles. The predicted octanol–water partition coefficient (Wildman–Crippen LogP) is 1.92. The van der Waals surface area contributed by atoms with Crippen molar-refractivity contribution in [2.75, 3.05) is 26.5 Å². The summed E-state index contributed by atoms with van der Waals surface area (Å²) in [6, 6.07) is -0.711. The maximum atomic E-state index is 15.7. The Kier molecular flexibility index (Phi) is 25.3. The number of nitrogens with one attached hydrogen (secondary N) is 5. The van der Waals surface area contributed by atoms with Crippen LogP contribution in [0.1, 0.15) is 159 Å². The molecule has 0 bridgehead atoms. The Morgan fingerprint density at radius 1 is 0.871 bits per heavy atom. The molecule has 2 aromatic heterocycles. The first kappa shape index (κ1) is 69.1. The van der Waals surface area contributed by atoms with Crippen molar-refractivity contribution in [3.63, 3.8) is 0 Å². The van der Waals surface area contributed by atoms with Crippen molar-refractivity contribution in [3.05, 3.63) is 61.7 Å². The molecule has 5 rings (SSSR count). The summed E-state index contributed by atoms with van der Waals surface area (Å²) in [4.78, 5) is 112. The molecule has 0 fully saturated rings. The van der Waals surface area contributed by atoms with Gasteiger partial charge in [0.25, 0.3) is 5.56 Å². The lowest BCUT2D eigenvalue weighted by molar-refractivity contribution is -0.172. The van der Waals surface area contributed by atoms with Gasteiger partial charge in [-0.3, -0.25) is 33.6 Å². The van der Waals surface area contributed by atoms with E-state index in [0.29, 0.717) is 73.8 Å². The number of benzene rings is 1. The Bertz CT molecular complexity index is 3070. The van der Waals surface area contributed by atoms with Crippen molar-refractivity contribution >= 4 is 52.2 Å². The van der Waals surface area contributed by atoms with Crippen molar-refractivity contribution in [1.82, 2.24) is 36.1 Å². The summed E-state index contributed by atoms with van der Waals surface area (Å²) >= 11 is 0. The quantitative estimate of drug-likeness (QED) is 0.0140. The van der Waals surface area contributed by atoms with Crippen LogP contribution in [0, 0.1) is 35.9 Å². The summed E-state index contributed by atoms with van der Waals surface area (Å²) in [5, 5.41) is 74.0. The highest BCUT2D eigenvalue weighted by molar-refractivity contribution is 5.95. The second kappa shape index (κ2) is 31.1. The van der Waals surface area contributed by atoms with E-state index < -0.39 is 126 Å². The standard InChI is InChI=1S/C61H86FN7O16/c1-10-14-24-60(9,12-3)47(73)20-15-16-21-49(75)66-42(22-23-48(74)63-28-45(71)53(76)54(77)46(72)30-70)56(79)68-51(33(5)6)57(80)65-35(8)55(78)64-32-84-25-18-17-19-37-34(7)41(62)27-43-50(37)36(11-2)38-29-69-44(52(38)67-43)26-40-39(58(69)81)31-85-59(82)61(40,83)13-4/h26-27,33,35,42,45-46,51,53-54,70-72,76-77,83H,11-13,15-25,28-32H2,1-9H3,(H,63,74)(H,64,78)(H,65,80)(H,66,75)(H,68,79)/t35-,42-,45-,46+,51-,53+,54+,60?,61-/m0/s1. The number of pyridine rings is 2. The summed E-state index contributed by atoms with van der Waals surface area (Å²) in [5.41, 5.74) is 1.61. The minimum atomic E-state index is -1.99. The van der Waals surface area contributed by atoms with E-state index in [4.69, 9.17) is 19.6 Å². The second-order valence-corrected chi connectivity index (χ2v) is 22.7. The summed E-state index contributed by atoms with van der Waals surface area (Å²) in [5.74, 6) is 0.492. The van der Waals surface area contributed by atoms with Gasteiger partial charge in [-0.25, -0.2) is 14.2 Å². The molecule has 0 saturated heterocycles. The van der Waals surface area contributed by atoms with Gasteiger partial charge < -0.3 is 71.3 Å². The number of aliphatic hydroxyl groups excluding tert-OH is 5. The van der Waals surface area contributed by atoms with Gasteiger partial charge in [-0.15, -0.1) is 11.8 Å². The topological polar surface area (TPSA) is 354 Å². The Morgan fingerprint density at radius 3 is 2.21 bits per heavy atom. The number of amides is 5. The first-order valence-electron chi connectivity index (χ1n) is 29.3. The molecular formula is C61H86FN7O16. The number of ketones is 1. The van der Waals surface area contributed by atoms with E-state index in [1.54, 1.807) is 45.3 Å². The van der Waals surface area contributed by atoms with Crippen LogP contribution < -0.4 is 32.1 Å². The van der Waals surface area contributed by atoms with Crippen molar-refractivity contribution < 1.29 is 78.1 Å². The molecule has 468 valence electrons. The Hall–Kier alpha value is -6.72. The molecule has 0 aliphatic carbocycles. The number of fused-ring (bicyclic) bond motifs is 5. The lowest BCUT2D eigenvalue weighted by Gasteiger charge is -2.31. The molecule has 0 spiro atoms. The van der Waals surface area contributed by atoms with E-state index >= 15 is 4.39 Å². The van der Waals surface area contributed by atoms with Crippen LogP contribution in [-0.2, 0) is 74.6 Å². The number of ether oxygens (including phenoxy) is 2. The van der Waals surface area contributed by atoms with E-state index in [2.05, 4.69) is 38.4 Å². The fraction of sp³-hybridized carbons (Fsp3) is 0.623. The zero-order valence-electron chi connectivity index (χ0n) is 50.2. The van der Waals surface area contributed by atoms with Crippen molar-refractivity contribution in [3.8, 4) is 23.2 Å². The zero-order valence-corrected chi connectivity index (χ0v) is 50.2. The van der Waals surface area contributed by atoms with Gasteiger partial charge in [0.1, 0.15) is 61.4 Å². The number of cyclic esters (lactones) is 1. The number of nitrogens with zero attached hydrogens (tertiary/aromatic N) is 2. The summed E-state index contributed by atoms with van der Waals surface area (Å²) in [6.07, 6.45) is -4.25. The third-order valence-electron chi connectivity index (χ3n) is 16.4. The van der Waals surface area contributed by atoms with Gasteiger partial charge in [0.05, 0.1) is 41.7 Å². The van der Waals surface area contributed by atoms with Gasteiger partial charge >= 0.3 is 5.97 Å². The number of rotatable bonds is 33. The van der Waals surface area contributed by atoms with Crippen LogP contribution in [0.3, 0.4) is 0 Å². The minimum absolute atomic E-state index is 0.00723. The molecule has 0 radical (unpaired) electrons. The average molecular weight is 1190 g/mol. The number of hydrogen-bond acceptors (Lipinski definition) is 17. The molecule has 3 aromatic rings. The number of aliphatic hydroxyl groups is 6. The number of Topliss-reactive ketones (excluding diaryl/α,β-unsaturated/α-hetero) is 1. The maximum Gasteiger partial charge on any atom is 0.343 e. The van der Waals surface area contributed by atoms with Crippen molar-refractivity contribution in [1.29, 1.82) is 0 Å². The molecule has 85 heavy (non-hydrogen) atoms.